The summed E-state index contributed by atoms with van der Waals surface area (Å²) in [6.07, 6.45) is 0.793. The Balaban J connectivity index is 0.00000289. The number of nitrogens with two attached hydrogens (primary N) is 1. The smallest absolute Gasteiger partial charge is 0.289 e. The van der Waals surface area contributed by atoms with Crippen LogP contribution >= 0.6 is 28.3 Å². The SMILES string of the molecule is CC(C)C(N)CCN(C)C(=O)c1ccc(Br)o1.Cl. The van der Waals surface area contributed by atoms with Gasteiger partial charge < -0.3 is 15.1 Å². The lowest BCUT2D eigenvalue weighted by molar-refractivity contribution is 0.0756. The molecule has 0 saturated heterocycles. The van der Waals surface area contributed by atoms with Crippen LogP contribution in [0.4, 0.5) is 0 Å². The van der Waals surface area contributed by atoms with Gasteiger partial charge in [0.15, 0.2) is 10.4 Å². The number of hydrogen-bond donors (Lipinski definition) is 1. The van der Waals surface area contributed by atoms with E-state index in [2.05, 4.69) is 29.8 Å². The van der Waals surface area contributed by atoms with E-state index in [0.717, 1.165) is 6.42 Å². The van der Waals surface area contributed by atoms with Gasteiger partial charge in [-0.15, -0.1) is 12.4 Å². The molecule has 0 fully saturated rings. The molecule has 0 saturated carbocycles. The third kappa shape index (κ3) is 5.00. The van der Waals surface area contributed by atoms with Gasteiger partial charge in [0, 0.05) is 19.6 Å². The molecule has 0 radical (unpaired) electrons. The Morgan fingerprint density at radius 2 is 2.11 bits per heavy atom. The predicted octanol–water partition coefficient (Wildman–Crippen LogP) is 2.91. The topological polar surface area (TPSA) is 59.5 Å². The Bertz CT molecular complexity index is 382. The number of nitrogens with zero attached hydrogens (tertiary/aromatic N) is 1. The molecule has 0 aliphatic carbocycles. The van der Waals surface area contributed by atoms with Gasteiger partial charge in [-0.05, 0) is 40.4 Å². The molecule has 1 aromatic heterocycles. The van der Waals surface area contributed by atoms with Gasteiger partial charge in [-0.2, -0.15) is 0 Å². The molecule has 1 aromatic rings. The fourth-order valence-corrected chi connectivity index (χ4v) is 1.70. The summed E-state index contributed by atoms with van der Waals surface area (Å²) in [5.74, 6) is 0.653. The van der Waals surface area contributed by atoms with Crippen molar-refractivity contribution in [3.8, 4) is 0 Å². The third-order valence-electron chi connectivity index (χ3n) is 2.78. The van der Waals surface area contributed by atoms with Crippen LogP contribution in [0.25, 0.3) is 0 Å². The summed E-state index contributed by atoms with van der Waals surface area (Å²) in [5.41, 5.74) is 5.94. The molecule has 104 valence electrons. The lowest BCUT2D eigenvalue weighted by Gasteiger charge is -2.20. The number of furan rings is 1. The Morgan fingerprint density at radius 1 is 1.50 bits per heavy atom. The number of carbonyl (C=O) groups excluding carboxylic acids is 1. The summed E-state index contributed by atoms with van der Waals surface area (Å²) in [5, 5.41) is 0. The molecule has 0 aliphatic heterocycles. The zero-order valence-electron chi connectivity index (χ0n) is 10.9. The van der Waals surface area contributed by atoms with Crippen LogP contribution in [-0.2, 0) is 0 Å². The van der Waals surface area contributed by atoms with Crippen molar-refractivity contribution in [3.05, 3.63) is 22.6 Å². The Kier molecular flexibility index (Phi) is 7.59. The fourth-order valence-electron chi connectivity index (χ4n) is 1.39. The van der Waals surface area contributed by atoms with Crippen molar-refractivity contribution in [2.24, 2.45) is 11.7 Å². The van der Waals surface area contributed by atoms with Crippen LogP contribution in [-0.4, -0.2) is 30.4 Å². The molecule has 1 unspecified atom stereocenters. The summed E-state index contributed by atoms with van der Waals surface area (Å²) >= 11 is 3.17. The summed E-state index contributed by atoms with van der Waals surface area (Å²) < 4.78 is 5.78. The van der Waals surface area contributed by atoms with Crippen LogP contribution in [0.2, 0.25) is 0 Å². The van der Waals surface area contributed by atoms with Crippen molar-refractivity contribution in [2.75, 3.05) is 13.6 Å². The average Bonchev–Trinajstić information content (AvgIpc) is 2.70. The number of hydrogen-bond acceptors (Lipinski definition) is 3. The first-order chi connectivity index (χ1) is 7.91. The lowest BCUT2D eigenvalue weighted by Crippen LogP contribution is -2.34. The van der Waals surface area contributed by atoms with Gasteiger partial charge in [0.05, 0.1) is 0 Å². The minimum Gasteiger partial charge on any atom is -0.444 e. The Morgan fingerprint density at radius 3 is 2.56 bits per heavy atom. The van der Waals surface area contributed by atoms with E-state index in [0.29, 0.717) is 22.9 Å². The molecule has 1 heterocycles. The van der Waals surface area contributed by atoms with Crippen molar-refractivity contribution in [3.63, 3.8) is 0 Å². The van der Waals surface area contributed by atoms with Crippen LogP contribution in [0, 0.1) is 5.92 Å². The lowest BCUT2D eigenvalue weighted by atomic mass is 10.0. The van der Waals surface area contributed by atoms with Gasteiger partial charge in [-0.1, -0.05) is 13.8 Å². The average molecular weight is 340 g/mol. The zero-order chi connectivity index (χ0) is 13.0. The zero-order valence-corrected chi connectivity index (χ0v) is 13.3. The van der Waals surface area contributed by atoms with E-state index in [4.69, 9.17) is 10.2 Å². The molecule has 1 rings (SSSR count). The first-order valence-electron chi connectivity index (χ1n) is 5.68. The predicted molar refractivity (Wildman–Crippen MR) is 78.0 cm³/mol. The van der Waals surface area contributed by atoms with Crippen LogP contribution in [0.3, 0.4) is 0 Å². The number of rotatable bonds is 5. The molecule has 0 bridgehead atoms. The molecule has 1 amide bonds. The molecule has 18 heavy (non-hydrogen) atoms. The van der Waals surface area contributed by atoms with Crippen LogP contribution in [0.1, 0.15) is 30.8 Å². The maximum Gasteiger partial charge on any atom is 0.289 e. The largest absolute Gasteiger partial charge is 0.444 e. The van der Waals surface area contributed by atoms with Crippen LogP contribution in [0.15, 0.2) is 21.2 Å². The molecule has 6 heteroatoms. The van der Waals surface area contributed by atoms with E-state index in [9.17, 15) is 4.79 Å². The van der Waals surface area contributed by atoms with Gasteiger partial charge in [0.2, 0.25) is 0 Å². The quantitative estimate of drug-likeness (QED) is 0.897. The summed E-state index contributed by atoms with van der Waals surface area (Å²) in [7, 11) is 1.76. The van der Waals surface area contributed by atoms with E-state index in [1.807, 2.05) is 0 Å². The van der Waals surface area contributed by atoms with E-state index in [-0.39, 0.29) is 24.4 Å². The standard InChI is InChI=1S/C12H19BrN2O2.ClH/c1-8(2)9(14)6-7-15(3)12(16)10-4-5-11(13)17-10;/h4-5,8-9H,6-7,14H2,1-3H3;1H. The van der Waals surface area contributed by atoms with Gasteiger partial charge in [-0.3, -0.25) is 4.79 Å². The maximum absolute atomic E-state index is 11.9. The van der Waals surface area contributed by atoms with Crippen LogP contribution < -0.4 is 5.73 Å². The van der Waals surface area contributed by atoms with E-state index in [1.165, 1.54) is 0 Å². The Labute approximate surface area is 122 Å². The highest BCUT2D eigenvalue weighted by atomic mass is 79.9. The highest BCUT2D eigenvalue weighted by molar-refractivity contribution is 9.10. The maximum atomic E-state index is 11.9. The fraction of sp³-hybridized carbons (Fsp3) is 0.583. The molecule has 2 N–H and O–H groups in total. The molecule has 0 aliphatic rings. The minimum atomic E-state index is -0.119. The normalized spacial score (nSPS) is 12.1. The van der Waals surface area contributed by atoms with Gasteiger partial charge in [0.1, 0.15) is 0 Å². The van der Waals surface area contributed by atoms with E-state index < -0.39 is 0 Å². The van der Waals surface area contributed by atoms with Gasteiger partial charge in [-0.25, -0.2) is 0 Å². The first kappa shape index (κ1) is 17.5. The molecule has 0 aromatic carbocycles. The molecular weight excluding hydrogens is 320 g/mol. The number of halogens is 2. The van der Waals surface area contributed by atoms with Crippen molar-refractivity contribution >= 4 is 34.2 Å². The van der Waals surface area contributed by atoms with E-state index >= 15 is 0 Å². The number of amides is 1. The Hall–Kier alpha value is -0.520. The van der Waals surface area contributed by atoms with Gasteiger partial charge >= 0.3 is 0 Å². The molecule has 4 nitrogen and oxygen atoms in total. The van der Waals surface area contributed by atoms with Crippen molar-refractivity contribution < 1.29 is 9.21 Å². The highest BCUT2D eigenvalue weighted by Gasteiger charge is 2.17. The summed E-state index contributed by atoms with van der Waals surface area (Å²) in [6.45, 7) is 4.79. The van der Waals surface area contributed by atoms with E-state index in [1.54, 1.807) is 24.1 Å². The van der Waals surface area contributed by atoms with Crippen molar-refractivity contribution in [2.45, 2.75) is 26.3 Å². The minimum absolute atomic E-state index is 0. The van der Waals surface area contributed by atoms with Crippen molar-refractivity contribution in [1.82, 2.24) is 4.90 Å². The molecule has 0 spiro atoms. The summed E-state index contributed by atoms with van der Waals surface area (Å²) in [4.78, 5) is 13.5. The monoisotopic (exact) mass is 338 g/mol. The first-order valence-corrected chi connectivity index (χ1v) is 6.47. The van der Waals surface area contributed by atoms with Crippen LogP contribution in [0.5, 0.6) is 0 Å². The molecular formula is C12H20BrClN2O2. The molecule has 1 atom stereocenters. The van der Waals surface area contributed by atoms with Crippen molar-refractivity contribution in [1.29, 1.82) is 0 Å². The third-order valence-corrected chi connectivity index (χ3v) is 3.21. The second-order valence-corrected chi connectivity index (χ2v) is 5.31. The van der Waals surface area contributed by atoms with Gasteiger partial charge in [0.25, 0.3) is 5.91 Å². The second kappa shape index (κ2) is 7.81. The second-order valence-electron chi connectivity index (χ2n) is 4.53. The summed E-state index contributed by atoms with van der Waals surface area (Å²) in [6, 6.07) is 3.49. The highest BCUT2D eigenvalue weighted by Crippen LogP contribution is 2.15. The number of carbonyl (C=O) groups is 1.